The van der Waals surface area contributed by atoms with Crippen LogP contribution in [0.1, 0.15) is 5.76 Å². The molecule has 4 nitrogen and oxygen atoms in total. The van der Waals surface area contributed by atoms with Crippen molar-refractivity contribution >= 4 is 16.6 Å². The van der Waals surface area contributed by atoms with Crippen molar-refractivity contribution in [2.24, 2.45) is 0 Å². The number of aromatic nitrogens is 2. The molecule has 0 aliphatic carbocycles. The third-order valence-corrected chi connectivity index (χ3v) is 2.59. The van der Waals surface area contributed by atoms with E-state index in [-0.39, 0.29) is 5.69 Å². The summed E-state index contributed by atoms with van der Waals surface area (Å²) >= 11 is 0. The molecule has 0 amide bonds. The maximum Gasteiger partial charge on any atom is 0.243 e. The molecule has 0 aliphatic heterocycles. The van der Waals surface area contributed by atoms with Crippen molar-refractivity contribution < 1.29 is 8.81 Å². The average Bonchev–Trinajstić information content (AvgIpc) is 2.85. The van der Waals surface area contributed by atoms with Crippen molar-refractivity contribution in [3.8, 4) is 11.6 Å². The van der Waals surface area contributed by atoms with E-state index >= 15 is 0 Å². The summed E-state index contributed by atoms with van der Waals surface area (Å²) in [4.78, 5) is 7.19. The van der Waals surface area contributed by atoms with Crippen LogP contribution in [0.2, 0.25) is 0 Å². The molecule has 2 aromatic heterocycles. The highest BCUT2D eigenvalue weighted by molar-refractivity contribution is 5.87. The fraction of sp³-hybridized carbons (Fsp3) is 0.0833. The molecular weight excluding hydrogens is 221 g/mol. The Kier molecular flexibility index (Phi) is 1.95. The molecule has 2 heterocycles. The van der Waals surface area contributed by atoms with Gasteiger partial charge in [0.05, 0.1) is 11.9 Å². The van der Waals surface area contributed by atoms with E-state index in [2.05, 4.69) is 9.97 Å². The molecule has 0 unspecified atom stereocenters. The molecule has 0 radical (unpaired) electrons. The van der Waals surface area contributed by atoms with Crippen LogP contribution in [0.3, 0.4) is 0 Å². The summed E-state index contributed by atoms with van der Waals surface area (Å²) in [5.74, 6) is 0.786. The highest BCUT2D eigenvalue weighted by Crippen LogP contribution is 2.26. The minimum Gasteiger partial charge on any atom is -0.440 e. The Morgan fingerprint density at radius 3 is 2.88 bits per heavy atom. The van der Waals surface area contributed by atoms with E-state index < -0.39 is 5.82 Å². The van der Waals surface area contributed by atoms with Crippen LogP contribution in [-0.4, -0.2) is 9.97 Å². The van der Waals surface area contributed by atoms with Crippen molar-refractivity contribution in [2.75, 3.05) is 5.73 Å². The van der Waals surface area contributed by atoms with Crippen LogP contribution >= 0.6 is 0 Å². The largest absolute Gasteiger partial charge is 0.440 e. The summed E-state index contributed by atoms with van der Waals surface area (Å²) in [6.45, 7) is 1.82. The first-order valence-electron chi connectivity index (χ1n) is 5.14. The Balaban J connectivity index is 2.19. The summed E-state index contributed by atoms with van der Waals surface area (Å²) in [5.41, 5.74) is 7.09. The maximum absolute atomic E-state index is 13.3. The molecule has 17 heavy (non-hydrogen) atoms. The van der Waals surface area contributed by atoms with E-state index in [1.54, 1.807) is 18.3 Å². The Morgan fingerprint density at radius 2 is 2.18 bits per heavy atom. The first-order valence-corrected chi connectivity index (χ1v) is 5.14. The summed E-state index contributed by atoms with van der Waals surface area (Å²) in [7, 11) is 0. The van der Waals surface area contributed by atoms with Crippen LogP contribution in [0, 0.1) is 12.7 Å². The number of rotatable bonds is 1. The molecule has 3 rings (SSSR count). The van der Waals surface area contributed by atoms with Gasteiger partial charge in [0.25, 0.3) is 0 Å². The number of nitrogens with one attached hydrogen (secondary N) is 1. The Morgan fingerprint density at radius 1 is 1.35 bits per heavy atom. The summed E-state index contributed by atoms with van der Waals surface area (Å²) in [6.07, 6.45) is 1.63. The lowest BCUT2D eigenvalue weighted by atomic mass is 10.2. The van der Waals surface area contributed by atoms with Crippen LogP contribution < -0.4 is 5.73 Å². The molecule has 0 bridgehead atoms. The van der Waals surface area contributed by atoms with Crippen molar-refractivity contribution in [1.82, 2.24) is 9.97 Å². The molecule has 0 fully saturated rings. The second-order valence-corrected chi connectivity index (χ2v) is 3.92. The molecule has 0 atom stereocenters. The van der Waals surface area contributed by atoms with Crippen LogP contribution in [0.5, 0.6) is 0 Å². The number of oxazole rings is 1. The molecule has 86 valence electrons. The third kappa shape index (κ3) is 1.56. The quantitative estimate of drug-likeness (QED) is 0.633. The summed E-state index contributed by atoms with van der Waals surface area (Å²) in [6, 6.07) is 4.73. The van der Waals surface area contributed by atoms with E-state index in [1.165, 1.54) is 6.07 Å². The number of hydrogen-bond donors (Lipinski definition) is 2. The number of H-pyrrole nitrogens is 1. The van der Waals surface area contributed by atoms with Gasteiger partial charge in [0.2, 0.25) is 5.89 Å². The standard InChI is InChI=1S/C12H10FN3O/c1-6-5-15-12(17-6)11-3-7-2-8(13)9(14)4-10(7)16-11/h2-5,16H,14H2,1H3. The van der Waals surface area contributed by atoms with Gasteiger partial charge in [-0.1, -0.05) is 0 Å². The zero-order valence-corrected chi connectivity index (χ0v) is 9.12. The molecule has 0 aliphatic rings. The summed E-state index contributed by atoms with van der Waals surface area (Å²) in [5, 5.41) is 0.738. The minimum absolute atomic E-state index is 0.120. The lowest BCUT2D eigenvalue weighted by Crippen LogP contribution is -1.89. The molecule has 3 aromatic rings. The number of aromatic amines is 1. The van der Waals surface area contributed by atoms with Crippen molar-refractivity contribution in [3.05, 3.63) is 36.0 Å². The van der Waals surface area contributed by atoms with Gasteiger partial charge in [0, 0.05) is 10.9 Å². The second-order valence-electron chi connectivity index (χ2n) is 3.92. The molecular formula is C12H10FN3O. The van der Waals surface area contributed by atoms with Crippen LogP contribution in [0.15, 0.2) is 28.8 Å². The highest BCUT2D eigenvalue weighted by atomic mass is 19.1. The zero-order chi connectivity index (χ0) is 12.0. The van der Waals surface area contributed by atoms with E-state index in [0.717, 1.165) is 16.7 Å². The molecule has 0 spiro atoms. The summed E-state index contributed by atoms with van der Waals surface area (Å²) < 4.78 is 18.7. The monoisotopic (exact) mass is 231 g/mol. The number of fused-ring (bicyclic) bond motifs is 1. The van der Waals surface area contributed by atoms with Crippen molar-refractivity contribution in [2.45, 2.75) is 6.92 Å². The highest BCUT2D eigenvalue weighted by Gasteiger charge is 2.10. The third-order valence-electron chi connectivity index (χ3n) is 2.59. The molecule has 3 N–H and O–H groups in total. The first-order chi connectivity index (χ1) is 8.13. The molecule has 5 heteroatoms. The topological polar surface area (TPSA) is 67.8 Å². The van der Waals surface area contributed by atoms with Crippen molar-refractivity contribution in [1.29, 1.82) is 0 Å². The Labute approximate surface area is 96.3 Å². The molecule has 0 saturated heterocycles. The number of nitrogens with zero attached hydrogens (tertiary/aromatic N) is 1. The van der Waals surface area contributed by atoms with Gasteiger partial charge in [-0.05, 0) is 25.1 Å². The van der Waals surface area contributed by atoms with Gasteiger partial charge >= 0.3 is 0 Å². The second kappa shape index (κ2) is 3.35. The van der Waals surface area contributed by atoms with E-state index in [9.17, 15) is 4.39 Å². The van der Waals surface area contributed by atoms with Crippen LogP contribution in [0.25, 0.3) is 22.5 Å². The maximum atomic E-state index is 13.3. The number of anilines is 1. The van der Waals surface area contributed by atoms with Gasteiger partial charge in [-0.25, -0.2) is 9.37 Å². The predicted molar refractivity (Wildman–Crippen MR) is 62.9 cm³/mol. The SMILES string of the molecule is Cc1cnc(-c2cc3cc(F)c(N)cc3[nH]2)o1. The number of aryl methyl sites for hydroxylation is 1. The van der Waals surface area contributed by atoms with Crippen molar-refractivity contribution in [3.63, 3.8) is 0 Å². The Bertz CT molecular complexity index is 660. The first kappa shape index (κ1) is 9.89. The normalized spacial score (nSPS) is 11.2. The minimum atomic E-state index is -0.424. The van der Waals surface area contributed by atoms with E-state index in [0.29, 0.717) is 11.6 Å². The molecule has 0 saturated carbocycles. The lowest BCUT2D eigenvalue weighted by Gasteiger charge is -1.95. The van der Waals surface area contributed by atoms with Crippen LogP contribution in [0.4, 0.5) is 10.1 Å². The zero-order valence-electron chi connectivity index (χ0n) is 9.12. The predicted octanol–water partition coefficient (Wildman–Crippen LogP) is 2.85. The number of benzene rings is 1. The van der Waals surface area contributed by atoms with Crippen LogP contribution in [-0.2, 0) is 0 Å². The van der Waals surface area contributed by atoms with E-state index in [4.69, 9.17) is 10.2 Å². The van der Waals surface area contributed by atoms with E-state index in [1.807, 2.05) is 6.92 Å². The van der Waals surface area contributed by atoms with Gasteiger partial charge in [0.15, 0.2) is 0 Å². The van der Waals surface area contributed by atoms with Gasteiger partial charge in [-0.15, -0.1) is 0 Å². The Hall–Kier alpha value is -2.30. The van der Waals surface area contributed by atoms with Gasteiger partial charge in [-0.3, -0.25) is 0 Å². The number of hydrogen-bond acceptors (Lipinski definition) is 3. The number of nitrogen functional groups attached to an aromatic ring is 1. The fourth-order valence-corrected chi connectivity index (χ4v) is 1.76. The van der Waals surface area contributed by atoms with Gasteiger partial charge < -0.3 is 15.1 Å². The average molecular weight is 231 g/mol. The number of nitrogens with two attached hydrogens (primary N) is 1. The van der Waals surface area contributed by atoms with Gasteiger partial charge in [0.1, 0.15) is 17.3 Å². The molecule has 1 aromatic carbocycles. The number of halogens is 1. The van der Waals surface area contributed by atoms with Gasteiger partial charge in [-0.2, -0.15) is 0 Å². The smallest absolute Gasteiger partial charge is 0.243 e. The lowest BCUT2D eigenvalue weighted by molar-refractivity contribution is 0.541. The fourth-order valence-electron chi connectivity index (χ4n) is 1.76.